The summed E-state index contributed by atoms with van der Waals surface area (Å²) in [6.07, 6.45) is -1.31. The predicted molar refractivity (Wildman–Crippen MR) is 231 cm³/mol. The average Bonchev–Trinajstić information content (AvgIpc) is 3.78. The molecule has 5 aromatic rings. The molecule has 5 atom stereocenters. The second-order valence-electron chi connectivity index (χ2n) is 15.3. The molecule has 3 amide bonds. The lowest BCUT2D eigenvalue weighted by atomic mass is 9.89. The molecular formula is C48H47N3O10S. The van der Waals surface area contributed by atoms with Crippen LogP contribution in [0, 0.1) is 11.8 Å². The fraction of sp³-hybridized carbons (Fsp3) is 0.271. The minimum absolute atomic E-state index is 0.0184. The maximum absolute atomic E-state index is 14.6. The Bertz CT molecular complexity index is 2340. The van der Waals surface area contributed by atoms with Crippen molar-refractivity contribution in [3.63, 3.8) is 0 Å². The Labute approximate surface area is 362 Å². The number of amides is 3. The monoisotopic (exact) mass is 857 g/mol. The van der Waals surface area contributed by atoms with Crippen LogP contribution in [0.5, 0.6) is 5.75 Å². The van der Waals surface area contributed by atoms with E-state index in [-0.39, 0.29) is 44.5 Å². The third-order valence-corrected chi connectivity index (χ3v) is 11.5. The highest BCUT2D eigenvalue weighted by Crippen LogP contribution is 2.24. The van der Waals surface area contributed by atoms with E-state index in [1.165, 1.54) is 11.3 Å². The third-order valence-electron chi connectivity index (χ3n) is 10.6. The summed E-state index contributed by atoms with van der Waals surface area (Å²) in [5.41, 5.74) is 3.91. The first-order valence-electron chi connectivity index (χ1n) is 20.2. The number of Topliss-reactive ketones (excluding diaryl/α,β-unsaturated/α-hetero) is 2. The van der Waals surface area contributed by atoms with Crippen molar-refractivity contribution in [1.29, 1.82) is 0 Å². The normalized spacial score (nSPS) is 19.4. The van der Waals surface area contributed by atoms with Gasteiger partial charge in [0.15, 0.2) is 11.6 Å². The van der Waals surface area contributed by atoms with Gasteiger partial charge in [-0.05, 0) is 70.7 Å². The number of carboxylic acid groups (broad SMARTS) is 2. The van der Waals surface area contributed by atoms with Gasteiger partial charge in [-0.15, -0.1) is 11.3 Å². The first-order valence-corrected chi connectivity index (χ1v) is 21.1. The molecule has 7 rings (SSSR count). The fourth-order valence-electron chi connectivity index (χ4n) is 7.31. The van der Waals surface area contributed by atoms with Crippen molar-refractivity contribution in [2.75, 3.05) is 6.61 Å². The maximum atomic E-state index is 14.6. The SMILES string of the molecule is O=C(O)C[C@H](NC(=O)[C@H]1CC(=O)[C@H](Cc2ccccc2)NC(=O)[C@H](Cc2ccc(-c3ccccc3)cc2)NC(=O)[C@H](Cc2cccs2)CC(=O)COc2ccc(cc2)C1)C(=O)O. The van der Waals surface area contributed by atoms with Gasteiger partial charge in [0.2, 0.25) is 17.7 Å². The molecular weight excluding hydrogens is 811 g/mol. The molecule has 0 saturated carbocycles. The molecule has 0 radical (unpaired) electrons. The van der Waals surface area contributed by atoms with Gasteiger partial charge in [0.25, 0.3) is 0 Å². The Morgan fingerprint density at radius 1 is 0.677 bits per heavy atom. The number of carbonyl (C=O) groups excluding carboxylic acids is 5. The average molecular weight is 858 g/mol. The molecule has 0 unspecified atom stereocenters. The van der Waals surface area contributed by atoms with Gasteiger partial charge in [-0.25, -0.2) is 4.79 Å². The summed E-state index contributed by atoms with van der Waals surface area (Å²) in [4.78, 5) is 94.9. The van der Waals surface area contributed by atoms with Gasteiger partial charge in [0, 0.05) is 36.0 Å². The molecule has 0 fully saturated rings. The van der Waals surface area contributed by atoms with Gasteiger partial charge in [0.1, 0.15) is 24.4 Å². The van der Waals surface area contributed by atoms with Crippen LogP contribution in [0.1, 0.15) is 40.8 Å². The zero-order valence-electron chi connectivity index (χ0n) is 33.7. The van der Waals surface area contributed by atoms with Crippen LogP contribution in [0.3, 0.4) is 0 Å². The molecule has 2 aliphatic heterocycles. The van der Waals surface area contributed by atoms with Crippen LogP contribution in [-0.4, -0.2) is 76.2 Å². The van der Waals surface area contributed by atoms with E-state index < -0.39 is 78.2 Å². The highest BCUT2D eigenvalue weighted by atomic mass is 32.1. The Morgan fingerprint density at radius 3 is 1.95 bits per heavy atom. The van der Waals surface area contributed by atoms with Crippen LogP contribution < -0.4 is 20.7 Å². The second kappa shape index (κ2) is 21.5. The number of hydrogen-bond acceptors (Lipinski definition) is 9. The summed E-state index contributed by atoms with van der Waals surface area (Å²) in [7, 11) is 0. The standard InChI is InChI=1S/C48H47N3O10S/c52-37-25-36(26-39-12-7-21-62-39)46(57)50-41(24-32-13-17-34(18-14-32)33-10-5-2-6-11-33)47(58)49-40(23-30-8-3-1-4-9-30)43(53)27-35(22-31-15-19-38(20-16-31)61-29-37)45(56)51-42(48(59)60)28-44(54)55/h1-21,35-36,40-42H,22-29H2,(H,49,58)(H,50,57)(H,51,56)(H,54,55)(H,59,60)/t35-,36+,40+,41+,42+/m1/s1. The lowest BCUT2D eigenvalue weighted by Gasteiger charge is -2.26. The minimum Gasteiger partial charge on any atom is -0.486 e. The van der Waals surface area contributed by atoms with E-state index in [1.54, 1.807) is 54.6 Å². The summed E-state index contributed by atoms with van der Waals surface area (Å²) in [5.74, 6) is -7.70. The number of fused-ring (bicyclic) bond motifs is 16. The number of rotatable bonds is 12. The summed E-state index contributed by atoms with van der Waals surface area (Å²) in [6, 6.07) is 32.2. The van der Waals surface area contributed by atoms with E-state index in [1.807, 2.05) is 72.1 Å². The molecule has 2 aliphatic rings. The molecule has 14 heteroatoms. The van der Waals surface area contributed by atoms with Gasteiger partial charge in [0.05, 0.1) is 12.5 Å². The van der Waals surface area contributed by atoms with Gasteiger partial charge in [-0.2, -0.15) is 0 Å². The molecule has 1 aromatic heterocycles. The second-order valence-corrected chi connectivity index (χ2v) is 16.3. The predicted octanol–water partition coefficient (Wildman–Crippen LogP) is 5.24. The van der Waals surface area contributed by atoms with Crippen molar-refractivity contribution in [2.24, 2.45) is 11.8 Å². The number of carboxylic acids is 2. The van der Waals surface area contributed by atoms with Crippen LogP contribution >= 0.6 is 11.3 Å². The molecule has 320 valence electrons. The van der Waals surface area contributed by atoms with Gasteiger partial charge < -0.3 is 30.9 Å². The molecule has 5 N–H and O–H groups in total. The Kier molecular flexibility index (Phi) is 15.5. The molecule has 62 heavy (non-hydrogen) atoms. The molecule has 3 heterocycles. The highest BCUT2D eigenvalue weighted by Gasteiger charge is 2.34. The Morgan fingerprint density at radius 2 is 1.31 bits per heavy atom. The molecule has 0 aliphatic carbocycles. The van der Waals surface area contributed by atoms with Crippen LogP contribution in [0.2, 0.25) is 0 Å². The minimum atomic E-state index is -1.77. The number of thiophene rings is 1. The number of benzene rings is 4. The topological polar surface area (TPSA) is 205 Å². The maximum Gasteiger partial charge on any atom is 0.326 e. The summed E-state index contributed by atoms with van der Waals surface area (Å²) in [6.45, 7) is -0.341. The molecule has 2 bridgehead atoms. The van der Waals surface area contributed by atoms with Crippen LogP contribution in [0.4, 0.5) is 0 Å². The van der Waals surface area contributed by atoms with Crippen molar-refractivity contribution in [2.45, 2.75) is 63.1 Å². The smallest absolute Gasteiger partial charge is 0.326 e. The highest BCUT2D eigenvalue weighted by molar-refractivity contribution is 7.09. The zero-order chi connectivity index (χ0) is 44.0. The quantitative estimate of drug-likeness (QED) is 0.110. The van der Waals surface area contributed by atoms with Gasteiger partial charge in [-0.1, -0.05) is 103 Å². The Balaban J connectivity index is 1.36. The summed E-state index contributed by atoms with van der Waals surface area (Å²) in [5, 5.41) is 29.0. The van der Waals surface area contributed by atoms with Crippen molar-refractivity contribution >= 4 is 52.6 Å². The number of ether oxygens (including phenoxy) is 1. The lowest BCUT2D eigenvalue weighted by molar-refractivity contribution is -0.147. The number of aliphatic carboxylic acids is 2. The van der Waals surface area contributed by atoms with Gasteiger partial charge in [-0.3, -0.25) is 28.8 Å². The van der Waals surface area contributed by atoms with E-state index >= 15 is 0 Å². The van der Waals surface area contributed by atoms with Crippen molar-refractivity contribution in [3.8, 4) is 16.9 Å². The van der Waals surface area contributed by atoms with E-state index in [2.05, 4.69) is 16.0 Å². The molecule has 0 spiro atoms. The molecule has 0 saturated heterocycles. The van der Waals surface area contributed by atoms with Crippen LogP contribution in [0.25, 0.3) is 11.1 Å². The number of hydrogen-bond donors (Lipinski definition) is 5. The van der Waals surface area contributed by atoms with E-state index in [4.69, 9.17) is 4.74 Å². The fourth-order valence-corrected chi connectivity index (χ4v) is 8.09. The first kappa shape index (κ1) is 44.6. The zero-order valence-corrected chi connectivity index (χ0v) is 34.6. The summed E-state index contributed by atoms with van der Waals surface area (Å²) < 4.78 is 5.80. The van der Waals surface area contributed by atoms with E-state index in [0.29, 0.717) is 22.4 Å². The van der Waals surface area contributed by atoms with Crippen molar-refractivity contribution in [1.82, 2.24) is 16.0 Å². The number of carbonyl (C=O) groups is 7. The Hall–Kier alpha value is -6.93. The van der Waals surface area contributed by atoms with E-state index in [9.17, 15) is 43.8 Å². The summed E-state index contributed by atoms with van der Waals surface area (Å²) >= 11 is 1.44. The largest absolute Gasteiger partial charge is 0.486 e. The lowest BCUT2D eigenvalue weighted by Crippen LogP contribution is -2.54. The molecule has 4 aromatic carbocycles. The van der Waals surface area contributed by atoms with Crippen molar-refractivity contribution in [3.05, 3.63) is 148 Å². The van der Waals surface area contributed by atoms with Gasteiger partial charge >= 0.3 is 11.9 Å². The first-order chi connectivity index (χ1) is 29.9. The van der Waals surface area contributed by atoms with Crippen LogP contribution in [0.15, 0.2) is 127 Å². The molecule has 13 nitrogen and oxygen atoms in total. The number of ketones is 2. The number of nitrogens with one attached hydrogen (secondary N) is 3. The van der Waals surface area contributed by atoms with Crippen molar-refractivity contribution < 1.29 is 48.5 Å². The third kappa shape index (κ3) is 13.0. The van der Waals surface area contributed by atoms with Crippen LogP contribution in [-0.2, 0) is 59.2 Å². The van der Waals surface area contributed by atoms with E-state index in [0.717, 1.165) is 16.0 Å².